The highest BCUT2D eigenvalue weighted by Crippen LogP contribution is 2.32. The zero-order valence-corrected chi connectivity index (χ0v) is 11.9. The van der Waals surface area contributed by atoms with Crippen LogP contribution < -0.4 is 15.8 Å². The van der Waals surface area contributed by atoms with Crippen LogP contribution in [0.2, 0.25) is 0 Å². The second kappa shape index (κ2) is 6.53. The van der Waals surface area contributed by atoms with Crippen LogP contribution in [0, 0.1) is 0 Å². The Morgan fingerprint density at radius 1 is 1.38 bits per heavy atom. The maximum absolute atomic E-state index is 12.0. The topological polar surface area (TPSA) is 64.4 Å². The molecular formula is C13H16ClF3N2O2. The molecule has 0 aromatic heterocycles. The van der Waals surface area contributed by atoms with Gasteiger partial charge in [-0.2, -0.15) is 13.2 Å². The maximum atomic E-state index is 12.0. The lowest BCUT2D eigenvalue weighted by atomic mass is 10.2. The van der Waals surface area contributed by atoms with Crippen LogP contribution in [-0.2, 0) is 11.3 Å². The summed E-state index contributed by atoms with van der Waals surface area (Å²) in [4.78, 5) is 11.6. The monoisotopic (exact) mass is 324 g/mol. The van der Waals surface area contributed by atoms with Gasteiger partial charge in [0.05, 0.1) is 5.54 Å². The molecule has 1 aromatic carbocycles. The average molecular weight is 325 g/mol. The molecule has 1 fully saturated rings. The number of halogens is 4. The lowest BCUT2D eigenvalue weighted by Crippen LogP contribution is -2.42. The van der Waals surface area contributed by atoms with Gasteiger partial charge in [-0.25, -0.2) is 0 Å². The van der Waals surface area contributed by atoms with Crippen molar-refractivity contribution in [3.8, 4) is 5.75 Å². The van der Waals surface area contributed by atoms with Crippen LogP contribution in [0.1, 0.15) is 18.4 Å². The summed E-state index contributed by atoms with van der Waals surface area (Å²) in [5.74, 6) is -0.123. The van der Waals surface area contributed by atoms with Gasteiger partial charge in [-0.15, -0.1) is 12.4 Å². The van der Waals surface area contributed by atoms with Gasteiger partial charge in [0.2, 0.25) is 5.91 Å². The van der Waals surface area contributed by atoms with Crippen LogP contribution in [0.5, 0.6) is 5.75 Å². The van der Waals surface area contributed by atoms with E-state index in [0.29, 0.717) is 18.4 Å². The minimum absolute atomic E-state index is 0. The third kappa shape index (κ3) is 5.43. The molecule has 0 heterocycles. The van der Waals surface area contributed by atoms with Crippen LogP contribution in [-0.4, -0.2) is 24.2 Å². The molecule has 21 heavy (non-hydrogen) atoms. The number of nitrogens with one attached hydrogen (secondary N) is 1. The average Bonchev–Trinajstić information content (AvgIpc) is 3.13. The number of alkyl halides is 3. The Hall–Kier alpha value is -1.47. The first kappa shape index (κ1) is 17.6. The third-order valence-corrected chi connectivity index (χ3v) is 2.99. The fourth-order valence-corrected chi connectivity index (χ4v) is 1.63. The largest absolute Gasteiger partial charge is 0.484 e. The SMILES string of the molecule is Cl.NC1(C(=O)NCc2cccc(OCC(F)(F)F)c2)CC1. The highest BCUT2D eigenvalue weighted by molar-refractivity contribution is 5.88. The van der Waals surface area contributed by atoms with Gasteiger partial charge in [0, 0.05) is 6.54 Å². The second-order valence-electron chi connectivity index (χ2n) is 4.89. The highest BCUT2D eigenvalue weighted by atomic mass is 35.5. The van der Waals surface area contributed by atoms with Crippen molar-refractivity contribution in [2.75, 3.05) is 6.61 Å². The summed E-state index contributed by atoms with van der Waals surface area (Å²) < 4.78 is 40.7. The Labute approximate surface area is 126 Å². The van der Waals surface area contributed by atoms with Crippen molar-refractivity contribution in [3.05, 3.63) is 29.8 Å². The zero-order valence-electron chi connectivity index (χ0n) is 11.1. The van der Waals surface area contributed by atoms with Crippen LogP contribution in [0.3, 0.4) is 0 Å². The van der Waals surface area contributed by atoms with Crippen molar-refractivity contribution >= 4 is 18.3 Å². The van der Waals surface area contributed by atoms with Crippen LogP contribution in [0.25, 0.3) is 0 Å². The Balaban J connectivity index is 0.00000220. The van der Waals surface area contributed by atoms with E-state index in [1.54, 1.807) is 12.1 Å². The lowest BCUT2D eigenvalue weighted by molar-refractivity contribution is -0.153. The molecule has 0 aliphatic heterocycles. The molecule has 0 saturated heterocycles. The lowest BCUT2D eigenvalue weighted by Gasteiger charge is -2.12. The van der Waals surface area contributed by atoms with Gasteiger partial charge in [-0.1, -0.05) is 12.1 Å². The molecule has 1 aliphatic carbocycles. The molecule has 1 aromatic rings. The Morgan fingerprint density at radius 3 is 2.62 bits per heavy atom. The minimum atomic E-state index is -4.37. The van der Waals surface area contributed by atoms with Crippen molar-refractivity contribution < 1.29 is 22.7 Å². The summed E-state index contributed by atoms with van der Waals surface area (Å²) in [5.41, 5.74) is 5.61. The molecule has 0 unspecified atom stereocenters. The first-order chi connectivity index (χ1) is 9.28. The van der Waals surface area contributed by atoms with E-state index < -0.39 is 18.3 Å². The Morgan fingerprint density at radius 2 is 2.05 bits per heavy atom. The van der Waals surface area contributed by atoms with Crippen molar-refractivity contribution in [1.82, 2.24) is 5.32 Å². The molecule has 1 aliphatic rings. The quantitative estimate of drug-likeness (QED) is 0.872. The van der Waals surface area contributed by atoms with E-state index in [2.05, 4.69) is 10.1 Å². The summed E-state index contributed by atoms with van der Waals surface area (Å²) in [6, 6.07) is 6.16. The van der Waals surface area contributed by atoms with Crippen LogP contribution in [0.15, 0.2) is 24.3 Å². The zero-order chi connectivity index (χ0) is 14.8. The van der Waals surface area contributed by atoms with Gasteiger partial charge in [0.15, 0.2) is 6.61 Å². The number of benzene rings is 1. The summed E-state index contributed by atoms with van der Waals surface area (Å²) in [5, 5.41) is 2.66. The minimum Gasteiger partial charge on any atom is -0.484 e. The van der Waals surface area contributed by atoms with E-state index in [9.17, 15) is 18.0 Å². The van der Waals surface area contributed by atoms with E-state index >= 15 is 0 Å². The van der Waals surface area contributed by atoms with Gasteiger partial charge in [0.1, 0.15) is 5.75 Å². The number of carbonyl (C=O) groups is 1. The fraction of sp³-hybridized carbons (Fsp3) is 0.462. The van der Waals surface area contributed by atoms with Crippen molar-refractivity contribution in [2.45, 2.75) is 31.1 Å². The maximum Gasteiger partial charge on any atom is 0.422 e. The van der Waals surface area contributed by atoms with Crippen LogP contribution >= 0.6 is 12.4 Å². The normalized spacial score (nSPS) is 15.8. The molecular weight excluding hydrogens is 309 g/mol. The van der Waals surface area contributed by atoms with Gasteiger partial charge >= 0.3 is 6.18 Å². The van der Waals surface area contributed by atoms with Crippen molar-refractivity contribution in [2.24, 2.45) is 5.73 Å². The van der Waals surface area contributed by atoms with Gasteiger partial charge < -0.3 is 15.8 Å². The molecule has 0 bridgehead atoms. The smallest absolute Gasteiger partial charge is 0.422 e. The second-order valence-corrected chi connectivity index (χ2v) is 4.89. The molecule has 3 N–H and O–H groups in total. The Kier molecular flexibility index (Phi) is 5.47. The predicted molar refractivity (Wildman–Crippen MR) is 73.2 cm³/mol. The predicted octanol–water partition coefficient (Wildman–Crippen LogP) is 2.16. The highest BCUT2D eigenvalue weighted by Gasteiger charge is 2.45. The summed E-state index contributed by atoms with van der Waals surface area (Å²) in [6.45, 7) is -1.13. The molecule has 1 amide bonds. The molecule has 0 radical (unpaired) electrons. The molecule has 8 heteroatoms. The van der Waals surface area contributed by atoms with E-state index in [1.165, 1.54) is 12.1 Å². The molecule has 0 spiro atoms. The van der Waals surface area contributed by atoms with Gasteiger partial charge in [-0.3, -0.25) is 4.79 Å². The van der Waals surface area contributed by atoms with E-state index in [1.807, 2.05) is 0 Å². The van der Waals surface area contributed by atoms with Gasteiger partial charge in [0.25, 0.3) is 0 Å². The van der Waals surface area contributed by atoms with Crippen molar-refractivity contribution in [1.29, 1.82) is 0 Å². The number of hydrogen-bond donors (Lipinski definition) is 2. The number of carbonyl (C=O) groups excluding carboxylic acids is 1. The number of ether oxygens (including phenoxy) is 1. The number of rotatable bonds is 5. The molecule has 2 rings (SSSR count). The molecule has 1 saturated carbocycles. The molecule has 4 nitrogen and oxygen atoms in total. The Bertz CT molecular complexity index is 504. The molecule has 0 atom stereocenters. The van der Waals surface area contributed by atoms with Crippen LogP contribution in [0.4, 0.5) is 13.2 Å². The summed E-state index contributed by atoms with van der Waals surface area (Å²) >= 11 is 0. The number of amides is 1. The molecule has 118 valence electrons. The summed E-state index contributed by atoms with van der Waals surface area (Å²) in [6.07, 6.45) is -3.05. The first-order valence-corrected chi connectivity index (χ1v) is 6.14. The summed E-state index contributed by atoms with van der Waals surface area (Å²) in [7, 11) is 0. The first-order valence-electron chi connectivity index (χ1n) is 6.14. The van der Waals surface area contributed by atoms with Crippen molar-refractivity contribution in [3.63, 3.8) is 0 Å². The number of nitrogens with two attached hydrogens (primary N) is 1. The third-order valence-electron chi connectivity index (χ3n) is 2.99. The van der Waals surface area contributed by atoms with E-state index in [0.717, 1.165) is 0 Å². The van der Waals surface area contributed by atoms with E-state index in [4.69, 9.17) is 5.73 Å². The van der Waals surface area contributed by atoms with E-state index in [-0.39, 0.29) is 30.6 Å². The van der Waals surface area contributed by atoms with Gasteiger partial charge in [-0.05, 0) is 30.5 Å². The fourth-order valence-electron chi connectivity index (χ4n) is 1.63. The standard InChI is InChI=1S/C13H15F3N2O2.ClH/c14-13(15,16)8-20-10-3-1-2-9(6-10)7-18-11(19)12(17)4-5-12;/h1-3,6H,4-5,7-8,17H2,(H,18,19);1H. The number of hydrogen-bond acceptors (Lipinski definition) is 3.